The van der Waals surface area contributed by atoms with Crippen LogP contribution in [0.3, 0.4) is 0 Å². The summed E-state index contributed by atoms with van der Waals surface area (Å²) in [6, 6.07) is 13.8. The SMILES string of the molecule is COc1ccc(CC2COC(=O)N2Cc2ccc(Br)cc2)cc1OC. The number of rotatable bonds is 6. The zero-order valence-corrected chi connectivity index (χ0v) is 15.8. The predicted octanol–water partition coefficient (Wildman–Crippen LogP) is 4.03. The van der Waals surface area contributed by atoms with Crippen molar-refractivity contribution in [1.29, 1.82) is 0 Å². The van der Waals surface area contributed by atoms with Crippen molar-refractivity contribution in [2.45, 2.75) is 19.0 Å². The molecule has 0 aliphatic carbocycles. The molecule has 0 saturated carbocycles. The van der Waals surface area contributed by atoms with E-state index in [1.54, 1.807) is 19.1 Å². The second-order valence-electron chi connectivity index (χ2n) is 5.88. The molecule has 1 atom stereocenters. The van der Waals surface area contributed by atoms with E-state index < -0.39 is 0 Å². The highest BCUT2D eigenvalue weighted by atomic mass is 79.9. The number of carbonyl (C=O) groups is 1. The molecular formula is C19H20BrNO4. The van der Waals surface area contributed by atoms with Gasteiger partial charge in [0.1, 0.15) is 6.61 Å². The minimum Gasteiger partial charge on any atom is -0.493 e. The quantitative estimate of drug-likeness (QED) is 0.727. The Labute approximate surface area is 155 Å². The van der Waals surface area contributed by atoms with Gasteiger partial charge < -0.3 is 14.2 Å². The number of cyclic esters (lactones) is 1. The lowest BCUT2D eigenvalue weighted by Crippen LogP contribution is -2.34. The van der Waals surface area contributed by atoms with Gasteiger partial charge in [-0.05, 0) is 41.8 Å². The van der Waals surface area contributed by atoms with Crippen LogP contribution in [-0.4, -0.2) is 37.9 Å². The number of hydrogen-bond donors (Lipinski definition) is 0. The van der Waals surface area contributed by atoms with Gasteiger partial charge in [0.25, 0.3) is 0 Å². The van der Waals surface area contributed by atoms with Crippen molar-refractivity contribution >= 4 is 22.0 Å². The van der Waals surface area contributed by atoms with Gasteiger partial charge >= 0.3 is 6.09 Å². The molecule has 1 aliphatic rings. The van der Waals surface area contributed by atoms with Crippen LogP contribution in [0.25, 0.3) is 0 Å². The molecular weight excluding hydrogens is 386 g/mol. The summed E-state index contributed by atoms with van der Waals surface area (Å²) in [6.07, 6.45) is 0.427. The molecule has 2 aromatic rings. The first-order chi connectivity index (χ1) is 12.1. The van der Waals surface area contributed by atoms with E-state index in [1.165, 1.54) is 0 Å². The van der Waals surface area contributed by atoms with Crippen LogP contribution < -0.4 is 9.47 Å². The Morgan fingerprint density at radius 2 is 1.76 bits per heavy atom. The molecule has 25 heavy (non-hydrogen) atoms. The van der Waals surface area contributed by atoms with Crippen LogP contribution in [0.5, 0.6) is 11.5 Å². The molecule has 0 aromatic heterocycles. The van der Waals surface area contributed by atoms with Gasteiger partial charge in [0.2, 0.25) is 0 Å². The van der Waals surface area contributed by atoms with E-state index in [-0.39, 0.29) is 12.1 Å². The third kappa shape index (κ3) is 4.07. The summed E-state index contributed by atoms with van der Waals surface area (Å²) < 4.78 is 16.9. The molecule has 1 fully saturated rings. The van der Waals surface area contributed by atoms with Crippen LogP contribution in [-0.2, 0) is 17.7 Å². The zero-order chi connectivity index (χ0) is 17.8. The minimum atomic E-state index is -0.270. The molecule has 1 aliphatic heterocycles. The fraction of sp³-hybridized carbons (Fsp3) is 0.316. The summed E-state index contributed by atoms with van der Waals surface area (Å²) in [5.41, 5.74) is 2.14. The Hall–Kier alpha value is -2.21. The first kappa shape index (κ1) is 17.6. The molecule has 1 unspecified atom stereocenters. The Morgan fingerprint density at radius 3 is 2.44 bits per heavy atom. The van der Waals surface area contributed by atoms with E-state index in [0.717, 1.165) is 15.6 Å². The van der Waals surface area contributed by atoms with E-state index in [2.05, 4.69) is 15.9 Å². The molecule has 132 valence electrons. The molecule has 0 N–H and O–H groups in total. The van der Waals surface area contributed by atoms with Crippen LogP contribution in [0, 0.1) is 0 Å². The lowest BCUT2D eigenvalue weighted by molar-refractivity contribution is 0.156. The van der Waals surface area contributed by atoms with Gasteiger partial charge in [0, 0.05) is 11.0 Å². The van der Waals surface area contributed by atoms with Crippen molar-refractivity contribution in [3.8, 4) is 11.5 Å². The van der Waals surface area contributed by atoms with E-state index in [4.69, 9.17) is 14.2 Å². The van der Waals surface area contributed by atoms with Crippen LogP contribution in [0.4, 0.5) is 4.79 Å². The standard InChI is InChI=1S/C19H20BrNO4/c1-23-17-8-5-14(10-18(17)24-2)9-16-12-25-19(22)21(16)11-13-3-6-15(20)7-4-13/h3-8,10,16H,9,11-12H2,1-2H3. The maximum Gasteiger partial charge on any atom is 0.410 e. The molecule has 3 rings (SSSR count). The Balaban J connectivity index is 1.74. The summed E-state index contributed by atoms with van der Waals surface area (Å²) in [6.45, 7) is 0.924. The summed E-state index contributed by atoms with van der Waals surface area (Å²) >= 11 is 3.42. The molecule has 2 aromatic carbocycles. The van der Waals surface area contributed by atoms with Crippen LogP contribution in [0.15, 0.2) is 46.9 Å². The predicted molar refractivity (Wildman–Crippen MR) is 98.1 cm³/mol. The van der Waals surface area contributed by atoms with Crippen molar-refractivity contribution in [2.24, 2.45) is 0 Å². The van der Waals surface area contributed by atoms with Crippen molar-refractivity contribution in [3.05, 3.63) is 58.1 Å². The van der Waals surface area contributed by atoms with Gasteiger partial charge in [-0.3, -0.25) is 4.90 Å². The molecule has 1 heterocycles. The topological polar surface area (TPSA) is 48.0 Å². The number of amides is 1. The van der Waals surface area contributed by atoms with E-state index in [1.807, 2.05) is 42.5 Å². The number of benzene rings is 2. The first-order valence-electron chi connectivity index (χ1n) is 7.99. The van der Waals surface area contributed by atoms with Crippen molar-refractivity contribution in [2.75, 3.05) is 20.8 Å². The molecule has 5 nitrogen and oxygen atoms in total. The smallest absolute Gasteiger partial charge is 0.410 e. The van der Waals surface area contributed by atoms with Gasteiger partial charge in [-0.25, -0.2) is 4.79 Å². The maximum absolute atomic E-state index is 12.1. The van der Waals surface area contributed by atoms with Gasteiger partial charge in [0.05, 0.1) is 20.3 Å². The molecule has 1 saturated heterocycles. The van der Waals surface area contributed by atoms with Gasteiger partial charge in [-0.15, -0.1) is 0 Å². The lowest BCUT2D eigenvalue weighted by Gasteiger charge is -2.22. The third-order valence-electron chi connectivity index (χ3n) is 4.26. The normalized spacial score (nSPS) is 16.7. The third-order valence-corrected chi connectivity index (χ3v) is 4.79. The average molecular weight is 406 g/mol. The van der Waals surface area contributed by atoms with Crippen molar-refractivity contribution < 1.29 is 19.0 Å². The second-order valence-corrected chi connectivity index (χ2v) is 6.79. The highest BCUT2D eigenvalue weighted by Gasteiger charge is 2.33. The Morgan fingerprint density at radius 1 is 1.08 bits per heavy atom. The summed E-state index contributed by atoms with van der Waals surface area (Å²) in [5.74, 6) is 1.38. The van der Waals surface area contributed by atoms with Crippen molar-refractivity contribution in [1.82, 2.24) is 4.90 Å². The molecule has 1 amide bonds. The van der Waals surface area contributed by atoms with Gasteiger partial charge in [0.15, 0.2) is 11.5 Å². The second kappa shape index (κ2) is 7.78. The monoisotopic (exact) mass is 405 g/mol. The number of hydrogen-bond acceptors (Lipinski definition) is 4. The average Bonchev–Trinajstić information content (AvgIpc) is 2.96. The zero-order valence-electron chi connectivity index (χ0n) is 14.2. The van der Waals surface area contributed by atoms with E-state index >= 15 is 0 Å². The molecule has 0 bridgehead atoms. The molecule has 6 heteroatoms. The number of nitrogens with zero attached hydrogens (tertiary/aromatic N) is 1. The summed E-state index contributed by atoms with van der Waals surface area (Å²) in [5, 5.41) is 0. The Kier molecular flexibility index (Phi) is 5.48. The van der Waals surface area contributed by atoms with Gasteiger partial charge in [-0.2, -0.15) is 0 Å². The highest BCUT2D eigenvalue weighted by Crippen LogP contribution is 2.29. The van der Waals surface area contributed by atoms with Crippen LogP contribution in [0.1, 0.15) is 11.1 Å². The maximum atomic E-state index is 12.1. The fourth-order valence-electron chi connectivity index (χ4n) is 2.92. The van der Waals surface area contributed by atoms with E-state index in [0.29, 0.717) is 31.1 Å². The number of carbonyl (C=O) groups excluding carboxylic acids is 1. The van der Waals surface area contributed by atoms with Gasteiger partial charge in [-0.1, -0.05) is 34.1 Å². The minimum absolute atomic E-state index is 0.00533. The van der Waals surface area contributed by atoms with E-state index in [9.17, 15) is 4.79 Å². The fourth-order valence-corrected chi connectivity index (χ4v) is 3.18. The summed E-state index contributed by atoms with van der Waals surface area (Å²) in [4.78, 5) is 13.9. The Bertz CT molecular complexity index is 748. The van der Waals surface area contributed by atoms with Crippen molar-refractivity contribution in [3.63, 3.8) is 0 Å². The largest absolute Gasteiger partial charge is 0.493 e. The highest BCUT2D eigenvalue weighted by molar-refractivity contribution is 9.10. The number of ether oxygens (including phenoxy) is 3. The number of halogens is 1. The first-order valence-corrected chi connectivity index (χ1v) is 8.78. The molecule has 0 spiro atoms. The molecule has 0 radical (unpaired) electrons. The van der Waals surface area contributed by atoms with Crippen LogP contribution in [0.2, 0.25) is 0 Å². The number of methoxy groups -OCH3 is 2. The lowest BCUT2D eigenvalue weighted by atomic mass is 10.0. The summed E-state index contributed by atoms with van der Waals surface area (Å²) in [7, 11) is 3.23. The van der Waals surface area contributed by atoms with Crippen LogP contribution >= 0.6 is 15.9 Å².